The number of carbonyl (C=O) groups excluding carboxylic acids is 1. The number of aromatic nitrogens is 1. The molecule has 2 aliphatic heterocycles. The van der Waals surface area contributed by atoms with Crippen molar-refractivity contribution in [3.05, 3.63) is 53.2 Å². The second-order valence-corrected chi connectivity index (χ2v) is 7.78. The van der Waals surface area contributed by atoms with Gasteiger partial charge < -0.3 is 14.1 Å². The summed E-state index contributed by atoms with van der Waals surface area (Å²) in [6.45, 7) is 6.76. The van der Waals surface area contributed by atoms with Crippen LogP contribution in [0.4, 0.5) is 0 Å². The van der Waals surface area contributed by atoms with Gasteiger partial charge in [-0.05, 0) is 32.3 Å². The summed E-state index contributed by atoms with van der Waals surface area (Å²) in [6.07, 6.45) is 2.66. The minimum absolute atomic E-state index is 0.143. The third kappa shape index (κ3) is 3.16. The maximum absolute atomic E-state index is 13.2. The van der Waals surface area contributed by atoms with Gasteiger partial charge in [-0.15, -0.1) is 0 Å². The van der Waals surface area contributed by atoms with Crippen LogP contribution in [0, 0.1) is 0 Å². The average Bonchev–Trinajstić information content (AvgIpc) is 3.12. The molecule has 1 aromatic heterocycles. The van der Waals surface area contributed by atoms with Gasteiger partial charge in [0, 0.05) is 32.1 Å². The standard InChI is InChI=1S/C21H26N2O3/c1-21(2,16-6-4-3-5-7-16)20(24)23-11-8-18-17(14-23)22-19(26-18)15-9-12-25-13-10-15/h3-7,15H,8-14H2,1-2H3. The van der Waals surface area contributed by atoms with E-state index in [1.807, 2.05) is 49.1 Å². The molecule has 1 saturated heterocycles. The van der Waals surface area contributed by atoms with Crippen LogP contribution in [0.2, 0.25) is 0 Å². The van der Waals surface area contributed by atoms with Gasteiger partial charge in [0.25, 0.3) is 0 Å². The van der Waals surface area contributed by atoms with E-state index in [2.05, 4.69) is 0 Å². The van der Waals surface area contributed by atoms with Gasteiger partial charge in [0.05, 0.1) is 12.0 Å². The second kappa shape index (κ2) is 6.88. The SMILES string of the molecule is CC(C)(C(=O)N1CCc2oc(C3CCOCC3)nc2C1)c1ccccc1. The van der Waals surface area contributed by atoms with Gasteiger partial charge in [-0.25, -0.2) is 4.98 Å². The van der Waals surface area contributed by atoms with Crippen molar-refractivity contribution in [1.29, 1.82) is 0 Å². The molecule has 0 bridgehead atoms. The van der Waals surface area contributed by atoms with Gasteiger partial charge in [-0.2, -0.15) is 0 Å². The lowest BCUT2D eigenvalue weighted by molar-refractivity contribution is -0.137. The molecule has 0 saturated carbocycles. The molecule has 0 radical (unpaired) electrons. The van der Waals surface area contributed by atoms with E-state index in [1.165, 1.54) is 0 Å². The fourth-order valence-corrected chi connectivity index (χ4v) is 3.88. The van der Waals surface area contributed by atoms with Crippen LogP contribution in [0.5, 0.6) is 0 Å². The van der Waals surface area contributed by atoms with Gasteiger partial charge in [-0.3, -0.25) is 4.79 Å². The maximum Gasteiger partial charge on any atom is 0.233 e. The zero-order chi connectivity index (χ0) is 18.1. The van der Waals surface area contributed by atoms with E-state index >= 15 is 0 Å². The van der Waals surface area contributed by atoms with Gasteiger partial charge in [0.2, 0.25) is 5.91 Å². The van der Waals surface area contributed by atoms with Gasteiger partial charge in [0.1, 0.15) is 11.5 Å². The number of amides is 1. The lowest BCUT2D eigenvalue weighted by Crippen LogP contribution is -2.45. The van der Waals surface area contributed by atoms with E-state index in [4.69, 9.17) is 14.1 Å². The van der Waals surface area contributed by atoms with Crippen molar-refractivity contribution >= 4 is 5.91 Å². The molecular formula is C21H26N2O3. The van der Waals surface area contributed by atoms with Crippen LogP contribution < -0.4 is 0 Å². The molecule has 5 nitrogen and oxygen atoms in total. The zero-order valence-corrected chi connectivity index (χ0v) is 15.5. The molecule has 0 atom stereocenters. The molecular weight excluding hydrogens is 328 g/mol. The highest BCUT2D eigenvalue weighted by Crippen LogP contribution is 2.32. The lowest BCUT2D eigenvalue weighted by Gasteiger charge is -2.33. The highest BCUT2D eigenvalue weighted by molar-refractivity contribution is 5.87. The van der Waals surface area contributed by atoms with Gasteiger partial charge in [0.15, 0.2) is 5.89 Å². The van der Waals surface area contributed by atoms with Crippen molar-refractivity contribution in [2.45, 2.75) is 51.0 Å². The van der Waals surface area contributed by atoms with Crippen molar-refractivity contribution in [2.75, 3.05) is 19.8 Å². The largest absolute Gasteiger partial charge is 0.445 e. The highest BCUT2D eigenvalue weighted by atomic mass is 16.5. The Hall–Kier alpha value is -2.14. The summed E-state index contributed by atoms with van der Waals surface area (Å²) in [5, 5.41) is 0. The maximum atomic E-state index is 13.2. The van der Waals surface area contributed by atoms with E-state index in [1.54, 1.807) is 0 Å². The minimum Gasteiger partial charge on any atom is -0.445 e. The predicted molar refractivity (Wildman–Crippen MR) is 97.9 cm³/mol. The number of hydrogen-bond donors (Lipinski definition) is 0. The average molecular weight is 354 g/mol. The predicted octanol–water partition coefficient (Wildman–Crippen LogP) is 3.43. The van der Waals surface area contributed by atoms with E-state index < -0.39 is 5.41 Å². The molecule has 4 rings (SSSR count). The van der Waals surface area contributed by atoms with Crippen molar-refractivity contribution in [2.24, 2.45) is 0 Å². The Kier molecular flexibility index (Phi) is 4.57. The van der Waals surface area contributed by atoms with Crippen LogP contribution in [-0.4, -0.2) is 35.5 Å². The van der Waals surface area contributed by atoms with Crippen LogP contribution in [-0.2, 0) is 27.9 Å². The summed E-state index contributed by atoms with van der Waals surface area (Å²) in [4.78, 5) is 19.9. The molecule has 2 aliphatic rings. The molecule has 1 aromatic carbocycles. The number of oxazole rings is 1. The third-order valence-electron chi connectivity index (χ3n) is 5.63. The molecule has 138 valence electrons. The Bertz CT molecular complexity index is 776. The monoisotopic (exact) mass is 354 g/mol. The molecule has 1 fully saturated rings. The smallest absolute Gasteiger partial charge is 0.233 e. The number of hydrogen-bond acceptors (Lipinski definition) is 4. The molecule has 2 aromatic rings. The Morgan fingerprint density at radius 1 is 1.19 bits per heavy atom. The number of ether oxygens (including phenoxy) is 1. The van der Waals surface area contributed by atoms with Crippen molar-refractivity contribution < 1.29 is 13.9 Å². The Morgan fingerprint density at radius 2 is 1.92 bits per heavy atom. The Labute approximate surface area is 154 Å². The van der Waals surface area contributed by atoms with Gasteiger partial charge >= 0.3 is 0 Å². The fraction of sp³-hybridized carbons (Fsp3) is 0.524. The molecule has 26 heavy (non-hydrogen) atoms. The van der Waals surface area contributed by atoms with Crippen LogP contribution >= 0.6 is 0 Å². The zero-order valence-electron chi connectivity index (χ0n) is 15.5. The first-order valence-electron chi connectivity index (χ1n) is 9.47. The number of rotatable bonds is 3. The number of nitrogens with zero attached hydrogens (tertiary/aromatic N) is 2. The van der Waals surface area contributed by atoms with E-state index in [-0.39, 0.29) is 5.91 Å². The van der Waals surface area contributed by atoms with Crippen LogP contribution in [0.15, 0.2) is 34.7 Å². The first-order chi connectivity index (χ1) is 12.6. The van der Waals surface area contributed by atoms with E-state index in [9.17, 15) is 4.79 Å². The Balaban J connectivity index is 1.51. The van der Waals surface area contributed by atoms with Crippen molar-refractivity contribution in [3.63, 3.8) is 0 Å². The molecule has 1 amide bonds. The summed E-state index contributed by atoms with van der Waals surface area (Å²) in [7, 11) is 0. The molecule has 0 aliphatic carbocycles. The fourth-order valence-electron chi connectivity index (χ4n) is 3.88. The van der Waals surface area contributed by atoms with Gasteiger partial charge in [-0.1, -0.05) is 30.3 Å². The first-order valence-corrected chi connectivity index (χ1v) is 9.47. The van der Waals surface area contributed by atoms with E-state index in [0.29, 0.717) is 19.0 Å². The topological polar surface area (TPSA) is 55.6 Å². The van der Waals surface area contributed by atoms with Crippen LogP contribution in [0.1, 0.15) is 55.5 Å². The Morgan fingerprint density at radius 3 is 2.65 bits per heavy atom. The normalized spacial score (nSPS) is 18.6. The summed E-state index contributed by atoms with van der Waals surface area (Å²) in [5.41, 5.74) is 1.42. The number of benzene rings is 1. The summed E-state index contributed by atoms with van der Waals surface area (Å²) >= 11 is 0. The van der Waals surface area contributed by atoms with Crippen LogP contribution in [0.25, 0.3) is 0 Å². The quantitative estimate of drug-likeness (QED) is 0.847. The molecule has 0 spiro atoms. The third-order valence-corrected chi connectivity index (χ3v) is 5.63. The lowest BCUT2D eigenvalue weighted by atomic mass is 9.83. The van der Waals surface area contributed by atoms with Crippen molar-refractivity contribution in [3.8, 4) is 0 Å². The van der Waals surface area contributed by atoms with E-state index in [0.717, 1.165) is 55.4 Å². The minimum atomic E-state index is -0.550. The highest BCUT2D eigenvalue weighted by Gasteiger charge is 2.36. The summed E-state index contributed by atoms with van der Waals surface area (Å²) < 4.78 is 11.5. The summed E-state index contributed by atoms with van der Waals surface area (Å²) in [5.74, 6) is 2.27. The molecule has 0 unspecified atom stereocenters. The molecule has 0 N–H and O–H groups in total. The second-order valence-electron chi connectivity index (χ2n) is 7.78. The van der Waals surface area contributed by atoms with Crippen molar-refractivity contribution in [1.82, 2.24) is 9.88 Å². The van der Waals surface area contributed by atoms with Crippen LogP contribution in [0.3, 0.4) is 0 Å². The first kappa shape index (κ1) is 17.3. The summed E-state index contributed by atoms with van der Waals surface area (Å²) in [6, 6.07) is 9.98. The number of carbonyl (C=O) groups is 1. The molecule has 5 heteroatoms. The molecule has 3 heterocycles. The number of fused-ring (bicyclic) bond motifs is 1.